The molecular weight excluding hydrogens is 278 g/mol. The number of carboxylic acid groups (broad SMARTS) is 1. The SMILES string of the molecule is CC(C)CCN(C)C(=O)NC(C)c1nc(C(=O)O)cs1. The molecule has 112 valence electrons. The number of hydrogen-bond acceptors (Lipinski definition) is 4. The van der Waals surface area contributed by atoms with E-state index in [9.17, 15) is 9.59 Å². The highest BCUT2D eigenvalue weighted by molar-refractivity contribution is 7.09. The summed E-state index contributed by atoms with van der Waals surface area (Å²) in [5.41, 5.74) is 0.0132. The summed E-state index contributed by atoms with van der Waals surface area (Å²) in [5.74, 6) is -0.514. The second-order valence-electron chi connectivity index (χ2n) is 5.15. The molecule has 2 N–H and O–H groups in total. The molecule has 7 heteroatoms. The molecule has 0 saturated carbocycles. The number of carbonyl (C=O) groups excluding carboxylic acids is 1. The summed E-state index contributed by atoms with van der Waals surface area (Å²) in [6, 6.07) is -0.479. The maximum absolute atomic E-state index is 12.0. The predicted octanol–water partition coefficient (Wildman–Crippen LogP) is 2.59. The summed E-state index contributed by atoms with van der Waals surface area (Å²) in [5, 5.41) is 13.7. The Morgan fingerprint density at radius 2 is 2.10 bits per heavy atom. The highest BCUT2D eigenvalue weighted by Gasteiger charge is 2.17. The van der Waals surface area contributed by atoms with Crippen molar-refractivity contribution in [3.8, 4) is 0 Å². The first-order valence-electron chi connectivity index (χ1n) is 6.51. The van der Waals surface area contributed by atoms with Gasteiger partial charge in [0.25, 0.3) is 0 Å². The van der Waals surface area contributed by atoms with E-state index in [1.807, 2.05) is 0 Å². The highest BCUT2D eigenvalue weighted by Crippen LogP contribution is 2.18. The lowest BCUT2D eigenvalue weighted by Crippen LogP contribution is -2.39. The van der Waals surface area contributed by atoms with Gasteiger partial charge in [-0.25, -0.2) is 14.6 Å². The molecular formula is C13H21N3O3S. The minimum absolute atomic E-state index is 0.0132. The van der Waals surface area contributed by atoms with Crippen molar-refractivity contribution in [2.24, 2.45) is 5.92 Å². The lowest BCUT2D eigenvalue weighted by molar-refractivity contribution is 0.0691. The molecule has 0 bridgehead atoms. The molecule has 2 amide bonds. The average molecular weight is 299 g/mol. The Balaban J connectivity index is 2.53. The molecule has 1 atom stereocenters. The maximum Gasteiger partial charge on any atom is 0.355 e. The topological polar surface area (TPSA) is 82.5 Å². The smallest absolute Gasteiger partial charge is 0.355 e. The zero-order valence-electron chi connectivity index (χ0n) is 12.2. The van der Waals surface area contributed by atoms with Crippen LogP contribution in [0, 0.1) is 5.92 Å². The van der Waals surface area contributed by atoms with Crippen LogP contribution in [-0.2, 0) is 0 Å². The third-order valence-electron chi connectivity index (χ3n) is 2.84. The molecule has 1 aromatic rings. The van der Waals surface area contributed by atoms with Crippen molar-refractivity contribution in [1.82, 2.24) is 15.2 Å². The van der Waals surface area contributed by atoms with Gasteiger partial charge in [-0.15, -0.1) is 11.3 Å². The molecule has 1 rings (SSSR count). The Morgan fingerprint density at radius 3 is 2.60 bits per heavy atom. The van der Waals surface area contributed by atoms with Gasteiger partial charge in [-0.2, -0.15) is 0 Å². The van der Waals surface area contributed by atoms with E-state index in [-0.39, 0.29) is 17.8 Å². The minimum atomic E-state index is -1.06. The average Bonchev–Trinajstić information content (AvgIpc) is 2.85. The second-order valence-corrected chi connectivity index (χ2v) is 6.04. The summed E-state index contributed by atoms with van der Waals surface area (Å²) in [4.78, 5) is 28.3. The monoisotopic (exact) mass is 299 g/mol. The summed E-state index contributed by atoms with van der Waals surface area (Å²) < 4.78 is 0. The van der Waals surface area contributed by atoms with Crippen molar-refractivity contribution in [2.45, 2.75) is 33.2 Å². The fraction of sp³-hybridized carbons (Fsp3) is 0.615. The first-order valence-corrected chi connectivity index (χ1v) is 7.39. The van der Waals surface area contributed by atoms with E-state index >= 15 is 0 Å². The van der Waals surface area contributed by atoms with Gasteiger partial charge in [-0.1, -0.05) is 13.8 Å². The number of aromatic nitrogens is 1. The van der Waals surface area contributed by atoms with Crippen LogP contribution in [0.4, 0.5) is 4.79 Å². The van der Waals surface area contributed by atoms with Gasteiger partial charge in [0.2, 0.25) is 0 Å². The molecule has 0 aromatic carbocycles. The van der Waals surface area contributed by atoms with Crippen LogP contribution >= 0.6 is 11.3 Å². The molecule has 0 radical (unpaired) electrons. The van der Waals surface area contributed by atoms with Crippen LogP contribution in [0.1, 0.15) is 48.7 Å². The lowest BCUT2D eigenvalue weighted by Gasteiger charge is -2.21. The third-order valence-corrected chi connectivity index (χ3v) is 3.87. The van der Waals surface area contributed by atoms with Crippen LogP contribution in [0.5, 0.6) is 0 Å². The number of thiazole rings is 1. The summed E-state index contributed by atoms with van der Waals surface area (Å²) >= 11 is 1.23. The summed E-state index contributed by atoms with van der Waals surface area (Å²) in [7, 11) is 1.75. The Kier molecular flexibility index (Phi) is 5.94. The Bertz CT molecular complexity index is 473. The number of urea groups is 1. The van der Waals surface area contributed by atoms with Crippen molar-refractivity contribution in [3.63, 3.8) is 0 Å². The normalized spacial score (nSPS) is 12.2. The molecule has 1 aromatic heterocycles. The second kappa shape index (κ2) is 7.23. The molecule has 0 spiro atoms. The molecule has 6 nitrogen and oxygen atoms in total. The van der Waals surface area contributed by atoms with Gasteiger partial charge in [0, 0.05) is 19.0 Å². The van der Waals surface area contributed by atoms with E-state index in [0.717, 1.165) is 6.42 Å². The van der Waals surface area contributed by atoms with Gasteiger partial charge in [0.15, 0.2) is 5.69 Å². The van der Waals surface area contributed by atoms with Gasteiger partial charge < -0.3 is 15.3 Å². The number of carbonyl (C=O) groups is 2. The van der Waals surface area contributed by atoms with Crippen molar-refractivity contribution < 1.29 is 14.7 Å². The molecule has 20 heavy (non-hydrogen) atoms. The number of amides is 2. The third kappa shape index (κ3) is 4.80. The van der Waals surface area contributed by atoms with E-state index in [1.165, 1.54) is 16.7 Å². The molecule has 0 aliphatic heterocycles. The van der Waals surface area contributed by atoms with Crippen LogP contribution < -0.4 is 5.32 Å². The molecule has 1 heterocycles. The van der Waals surface area contributed by atoms with Crippen molar-refractivity contribution >= 4 is 23.3 Å². The van der Waals surface area contributed by atoms with Crippen molar-refractivity contribution in [2.75, 3.05) is 13.6 Å². The van der Waals surface area contributed by atoms with E-state index in [4.69, 9.17) is 5.11 Å². The van der Waals surface area contributed by atoms with Crippen LogP contribution in [0.2, 0.25) is 0 Å². The predicted molar refractivity (Wildman–Crippen MR) is 78.1 cm³/mol. The fourth-order valence-corrected chi connectivity index (χ4v) is 2.30. The minimum Gasteiger partial charge on any atom is -0.476 e. The number of aromatic carboxylic acids is 1. The van der Waals surface area contributed by atoms with Gasteiger partial charge in [0.05, 0.1) is 6.04 Å². The Morgan fingerprint density at radius 1 is 1.45 bits per heavy atom. The number of carboxylic acids is 1. The van der Waals surface area contributed by atoms with Crippen molar-refractivity contribution in [3.05, 3.63) is 16.1 Å². The van der Waals surface area contributed by atoms with E-state index < -0.39 is 5.97 Å². The Hall–Kier alpha value is -1.63. The zero-order chi connectivity index (χ0) is 15.3. The first-order chi connectivity index (χ1) is 9.31. The molecule has 0 fully saturated rings. The highest BCUT2D eigenvalue weighted by atomic mass is 32.1. The first kappa shape index (κ1) is 16.4. The van der Waals surface area contributed by atoms with Gasteiger partial charge >= 0.3 is 12.0 Å². The van der Waals surface area contributed by atoms with Gasteiger partial charge in [-0.05, 0) is 19.3 Å². The number of rotatable bonds is 6. The molecule has 0 aliphatic carbocycles. The fourth-order valence-electron chi connectivity index (χ4n) is 1.50. The van der Waals surface area contributed by atoms with E-state index in [1.54, 1.807) is 18.9 Å². The number of nitrogens with one attached hydrogen (secondary N) is 1. The summed E-state index contributed by atoms with van der Waals surface area (Å²) in [6.07, 6.45) is 0.943. The Labute approximate surface area is 122 Å². The van der Waals surface area contributed by atoms with Crippen LogP contribution in [0.15, 0.2) is 5.38 Å². The van der Waals surface area contributed by atoms with Crippen LogP contribution in [0.25, 0.3) is 0 Å². The van der Waals surface area contributed by atoms with Gasteiger partial charge in [-0.3, -0.25) is 0 Å². The van der Waals surface area contributed by atoms with Gasteiger partial charge in [0.1, 0.15) is 5.01 Å². The number of hydrogen-bond donors (Lipinski definition) is 2. The van der Waals surface area contributed by atoms with E-state index in [2.05, 4.69) is 24.1 Å². The molecule has 1 unspecified atom stereocenters. The quantitative estimate of drug-likeness (QED) is 0.845. The maximum atomic E-state index is 12.0. The van der Waals surface area contributed by atoms with Crippen molar-refractivity contribution in [1.29, 1.82) is 0 Å². The standard InChI is InChI=1S/C13H21N3O3S/c1-8(2)5-6-16(4)13(19)14-9(3)11-15-10(7-20-11)12(17)18/h7-9H,5-6H2,1-4H3,(H,14,19)(H,17,18). The number of nitrogens with zero attached hydrogens (tertiary/aromatic N) is 2. The van der Waals surface area contributed by atoms with Crippen LogP contribution in [0.3, 0.4) is 0 Å². The summed E-state index contributed by atoms with van der Waals surface area (Å²) in [6.45, 7) is 6.70. The molecule has 0 aliphatic rings. The molecule has 0 saturated heterocycles. The largest absolute Gasteiger partial charge is 0.476 e. The zero-order valence-corrected chi connectivity index (χ0v) is 13.0. The van der Waals surface area contributed by atoms with E-state index in [0.29, 0.717) is 17.5 Å². The van der Waals surface area contributed by atoms with Crippen LogP contribution in [-0.4, -0.2) is 40.6 Å². The lowest BCUT2D eigenvalue weighted by atomic mass is 10.1.